The van der Waals surface area contributed by atoms with Gasteiger partial charge in [-0.15, -0.1) is 0 Å². The van der Waals surface area contributed by atoms with Crippen LogP contribution in [0.25, 0.3) is 0 Å². The molecule has 154 valence electrons. The van der Waals surface area contributed by atoms with Crippen molar-refractivity contribution in [3.05, 3.63) is 35.9 Å². The number of nitrogens with one attached hydrogen (secondary N) is 2. The number of aliphatic carboxylic acids is 1. The van der Waals surface area contributed by atoms with Gasteiger partial charge < -0.3 is 26.4 Å². The van der Waals surface area contributed by atoms with Crippen LogP contribution in [0.3, 0.4) is 0 Å². The zero-order chi connectivity index (χ0) is 21.1. The number of hydrogen-bond donors (Lipinski definition) is 4. The van der Waals surface area contributed by atoms with E-state index in [2.05, 4.69) is 29.7 Å². The molecule has 9 heteroatoms. The van der Waals surface area contributed by atoms with Gasteiger partial charge in [0.25, 0.3) is 0 Å². The number of nitrogens with zero attached hydrogens (tertiary/aromatic N) is 1. The molecule has 1 aliphatic heterocycles. The summed E-state index contributed by atoms with van der Waals surface area (Å²) >= 11 is 0. The molecule has 3 amide bonds. The number of carbonyl (C=O) groups excluding carboxylic acids is 3. The molecule has 2 rings (SSSR count). The zero-order valence-electron chi connectivity index (χ0n) is 16.2. The molecule has 1 aliphatic rings. The second-order valence-electron chi connectivity index (χ2n) is 6.55. The number of primary amides is 1. The molecule has 0 spiro atoms. The summed E-state index contributed by atoms with van der Waals surface area (Å²) < 4.78 is 0. The Morgan fingerprint density at radius 1 is 1.32 bits per heavy atom. The van der Waals surface area contributed by atoms with Gasteiger partial charge in [0.1, 0.15) is 6.04 Å². The summed E-state index contributed by atoms with van der Waals surface area (Å²) in [4.78, 5) is 46.6. The minimum absolute atomic E-state index is 0.0810. The Morgan fingerprint density at radius 2 is 1.96 bits per heavy atom. The first-order valence-electron chi connectivity index (χ1n) is 9.05. The number of hydrogen-bond acceptors (Lipinski definition) is 5. The van der Waals surface area contributed by atoms with Crippen LogP contribution in [-0.2, 0) is 19.2 Å². The molecule has 2 atom stereocenters. The molecule has 1 aromatic rings. The third-order valence-electron chi connectivity index (χ3n) is 4.10. The van der Waals surface area contributed by atoms with Crippen LogP contribution in [0.2, 0.25) is 0 Å². The van der Waals surface area contributed by atoms with Gasteiger partial charge in [-0.3, -0.25) is 14.4 Å². The highest BCUT2D eigenvalue weighted by Crippen LogP contribution is 2.02. The molecule has 0 saturated carbocycles. The van der Waals surface area contributed by atoms with Crippen molar-refractivity contribution < 1.29 is 24.3 Å². The quantitative estimate of drug-likeness (QED) is 0.499. The van der Waals surface area contributed by atoms with Crippen LogP contribution in [0.5, 0.6) is 0 Å². The van der Waals surface area contributed by atoms with Crippen molar-refractivity contribution in [1.29, 1.82) is 0 Å². The van der Waals surface area contributed by atoms with Crippen LogP contribution < -0.4 is 16.4 Å². The van der Waals surface area contributed by atoms with Gasteiger partial charge in [0.05, 0.1) is 12.6 Å². The van der Waals surface area contributed by atoms with Crippen molar-refractivity contribution in [3.63, 3.8) is 0 Å². The molecule has 28 heavy (non-hydrogen) atoms. The molecule has 1 fully saturated rings. The Morgan fingerprint density at radius 3 is 2.46 bits per heavy atom. The SMILES string of the molecule is CC1NCCN(CC(=O)NC(CCC(N)=O)C(=O)O)C1=O.Cc1ccccc1. The standard InChI is InChI=1S/C12H20N4O5.C7H8/c1-7-11(19)16(5-4-14-7)6-10(18)15-8(12(20)21)2-3-9(13)17;1-7-5-3-2-4-6-7/h7-8,14H,2-6H2,1H3,(H2,13,17)(H,15,18)(H,20,21);2-6H,1H3. The summed E-state index contributed by atoms with van der Waals surface area (Å²) in [5, 5.41) is 14.2. The third kappa shape index (κ3) is 8.63. The van der Waals surface area contributed by atoms with E-state index in [0.717, 1.165) is 0 Å². The van der Waals surface area contributed by atoms with E-state index in [0.29, 0.717) is 13.1 Å². The Labute approximate surface area is 164 Å². The number of aryl methyl sites for hydroxylation is 1. The van der Waals surface area contributed by atoms with Gasteiger partial charge in [-0.2, -0.15) is 0 Å². The maximum Gasteiger partial charge on any atom is 0.326 e. The van der Waals surface area contributed by atoms with Gasteiger partial charge in [-0.05, 0) is 20.3 Å². The lowest BCUT2D eigenvalue weighted by Gasteiger charge is -2.31. The van der Waals surface area contributed by atoms with Crippen LogP contribution in [0.4, 0.5) is 0 Å². The Balaban J connectivity index is 0.000000467. The van der Waals surface area contributed by atoms with Crippen molar-refractivity contribution in [3.8, 4) is 0 Å². The first-order chi connectivity index (χ1) is 13.2. The van der Waals surface area contributed by atoms with Crippen LogP contribution in [0.1, 0.15) is 25.3 Å². The number of carbonyl (C=O) groups is 4. The maximum absolute atomic E-state index is 11.8. The molecule has 0 radical (unpaired) electrons. The average molecular weight is 392 g/mol. The normalized spacial score (nSPS) is 17.1. The van der Waals surface area contributed by atoms with Crippen molar-refractivity contribution in [2.45, 2.75) is 38.8 Å². The summed E-state index contributed by atoms with van der Waals surface area (Å²) in [5.41, 5.74) is 6.27. The zero-order valence-corrected chi connectivity index (χ0v) is 16.2. The minimum Gasteiger partial charge on any atom is -0.480 e. The van der Waals surface area contributed by atoms with Crippen LogP contribution in [0, 0.1) is 6.92 Å². The van der Waals surface area contributed by atoms with E-state index < -0.39 is 23.8 Å². The van der Waals surface area contributed by atoms with E-state index >= 15 is 0 Å². The van der Waals surface area contributed by atoms with E-state index in [1.807, 2.05) is 18.2 Å². The minimum atomic E-state index is -1.25. The number of piperazine rings is 1. The molecule has 0 bridgehead atoms. The Hall–Kier alpha value is -2.94. The van der Waals surface area contributed by atoms with Crippen LogP contribution in [0.15, 0.2) is 30.3 Å². The predicted molar refractivity (Wildman–Crippen MR) is 103 cm³/mol. The van der Waals surface area contributed by atoms with E-state index in [4.69, 9.17) is 10.8 Å². The number of benzene rings is 1. The number of carboxylic acids is 1. The lowest BCUT2D eigenvalue weighted by Crippen LogP contribution is -2.56. The number of carboxylic acid groups (broad SMARTS) is 1. The second kappa shape index (κ2) is 11.7. The Bertz CT molecular complexity index is 680. The fourth-order valence-electron chi connectivity index (χ4n) is 2.54. The molecule has 2 unspecified atom stereocenters. The number of rotatable bonds is 7. The van der Waals surface area contributed by atoms with Crippen molar-refractivity contribution in [2.24, 2.45) is 5.73 Å². The summed E-state index contributed by atoms with van der Waals surface area (Å²) in [6.45, 7) is 4.53. The van der Waals surface area contributed by atoms with E-state index in [1.54, 1.807) is 6.92 Å². The van der Waals surface area contributed by atoms with E-state index in [-0.39, 0.29) is 31.3 Å². The monoisotopic (exact) mass is 392 g/mol. The van der Waals surface area contributed by atoms with E-state index in [9.17, 15) is 19.2 Å². The predicted octanol–water partition coefficient (Wildman–Crippen LogP) is -0.363. The molecular formula is C19H28N4O5. The largest absolute Gasteiger partial charge is 0.480 e. The second-order valence-corrected chi connectivity index (χ2v) is 6.55. The van der Waals surface area contributed by atoms with Gasteiger partial charge in [0.2, 0.25) is 17.7 Å². The smallest absolute Gasteiger partial charge is 0.326 e. The van der Waals surface area contributed by atoms with Gasteiger partial charge in [-0.25, -0.2) is 4.79 Å². The van der Waals surface area contributed by atoms with Gasteiger partial charge >= 0.3 is 5.97 Å². The summed E-state index contributed by atoms with van der Waals surface area (Å²) in [6.07, 6.45) is -0.219. The first-order valence-corrected chi connectivity index (χ1v) is 9.05. The molecule has 1 saturated heterocycles. The average Bonchev–Trinajstić information content (AvgIpc) is 2.63. The highest BCUT2D eigenvalue weighted by Gasteiger charge is 2.27. The van der Waals surface area contributed by atoms with Gasteiger partial charge in [0.15, 0.2) is 0 Å². The third-order valence-corrected chi connectivity index (χ3v) is 4.10. The first kappa shape index (κ1) is 23.1. The molecule has 1 heterocycles. The van der Waals surface area contributed by atoms with Gasteiger partial charge in [-0.1, -0.05) is 35.9 Å². The van der Waals surface area contributed by atoms with E-state index in [1.165, 1.54) is 10.5 Å². The van der Waals surface area contributed by atoms with Crippen LogP contribution in [-0.4, -0.2) is 65.4 Å². The topological polar surface area (TPSA) is 142 Å². The molecule has 1 aromatic carbocycles. The molecule has 5 N–H and O–H groups in total. The molecule has 9 nitrogen and oxygen atoms in total. The summed E-state index contributed by atoms with van der Waals surface area (Å²) in [6, 6.07) is 8.70. The fraction of sp³-hybridized carbons (Fsp3) is 0.474. The van der Waals surface area contributed by atoms with Gasteiger partial charge in [0, 0.05) is 19.5 Å². The lowest BCUT2D eigenvalue weighted by molar-refractivity contribution is -0.143. The van der Waals surface area contributed by atoms with Crippen molar-refractivity contribution in [1.82, 2.24) is 15.5 Å². The lowest BCUT2D eigenvalue weighted by atomic mass is 10.1. The molecular weight excluding hydrogens is 364 g/mol. The van der Waals surface area contributed by atoms with Crippen LogP contribution >= 0.6 is 0 Å². The summed E-state index contributed by atoms with van der Waals surface area (Å²) in [5.74, 6) is -2.67. The molecule has 0 aromatic heterocycles. The number of nitrogens with two attached hydrogens (primary N) is 1. The highest BCUT2D eigenvalue weighted by atomic mass is 16.4. The highest BCUT2D eigenvalue weighted by molar-refractivity contribution is 5.90. The maximum atomic E-state index is 11.8. The Kier molecular flexibility index (Phi) is 9.66. The van der Waals surface area contributed by atoms with Crippen molar-refractivity contribution in [2.75, 3.05) is 19.6 Å². The van der Waals surface area contributed by atoms with Crippen molar-refractivity contribution >= 4 is 23.7 Å². The summed E-state index contributed by atoms with van der Waals surface area (Å²) in [7, 11) is 0. The molecule has 0 aliphatic carbocycles. The fourth-order valence-corrected chi connectivity index (χ4v) is 2.54. The number of amides is 3.